The van der Waals surface area contributed by atoms with E-state index in [0.717, 1.165) is 0 Å². The summed E-state index contributed by atoms with van der Waals surface area (Å²) in [6, 6.07) is 0. The number of rotatable bonds is 8. The molecule has 0 heterocycles. The first-order valence-corrected chi connectivity index (χ1v) is 5.73. The van der Waals surface area contributed by atoms with Crippen LogP contribution < -0.4 is 0 Å². The summed E-state index contributed by atoms with van der Waals surface area (Å²) in [6.07, 6.45) is 5.95. The standard InChI is InChI=1S/C12H24BO/c1-6-8-9-10(3)11(4)12(7-2)14-13-5/h7,10-12H,2,6,8-9H2,1,3-5H3. The minimum absolute atomic E-state index is 0.173. The van der Waals surface area contributed by atoms with Crippen LogP contribution in [0, 0.1) is 11.8 Å². The molecule has 0 amide bonds. The topological polar surface area (TPSA) is 9.23 Å². The summed E-state index contributed by atoms with van der Waals surface area (Å²) in [6.45, 7) is 12.5. The van der Waals surface area contributed by atoms with Crippen molar-refractivity contribution >= 4 is 7.48 Å². The first-order chi connectivity index (χ1) is 6.67. The molecule has 0 aliphatic carbocycles. The molecule has 0 aliphatic heterocycles. The molecule has 0 saturated heterocycles. The Morgan fingerprint density at radius 3 is 2.50 bits per heavy atom. The van der Waals surface area contributed by atoms with Gasteiger partial charge in [-0.3, -0.25) is 0 Å². The van der Waals surface area contributed by atoms with Crippen LogP contribution in [0.25, 0.3) is 0 Å². The molecule has 0 saturated carbocycles. The van der Waals surface area contributed by atoms with Gasteiger partial charge in [-0.25, -0.2) is 0 Å². The third kappa shape index (κ3) is 4.85. The zero-order valence-corrected chi connectivity index (χ0v) is 10.1. The number of unbranched alkanes of at least 4 members (excludes halogenated alkanes) is 1. The van der Waals surface area contributed by atoms with E-state index >= 15 is 0 Å². The number of hydrogen-bond donors (Lipinski definition) is 0. The lowest BCUT2D eigenvalue weighted by Crippen LogP contribution is -2.25. The summed E-state index contributed by atoms with van der Waals surface area (Å²) in [4.78, 5) is 0. The van der Waals surface area contributed by atoms with Gasteiger partial charge in [0.2, 0.25) is 0 Å². The fourth-order valence-corrected chi connectivity index (χ4v) is 1.66. The van der Waals surface area contributed by atoms with Crippen LogP contribution in [0.3, 0.4) is 0 Å². The van der Waals surface area contributed by atoms with E-state index in [0.29, 0.717) is 11.8 Å². The summed E-state index contributed by atoms with van der Waals surface area (Å²) in [5.41, 5.74) is 0. The van der Waals surface area contributed by atoms with Crippen LogP contribution >= 0.6 is 0 Å². The smallest absolute Gasteiger partial charge is 0.289 e. The summed E-state index contributed by atoms with van der Waals surface area (Å²) in [7, 11) is 1.76. The summed E-state index contributed by atoms with van der Waals surface area (Å²) >= 11 is 0. The molecule has 0 aliphatic rings. The Hall–Kier alpha value is -0.235. The third-order valence-electron chi connectivity index (χ3n) is 2.95. The van der Waals surface area contributed by atoms with Gasteiger partial charge in [-0.2, -0.15) is 0 Å². The van der Waals surface area contributed by atoms with Crippen molar-refractivity contribution in [3.05, 3.63) is 12.7 Å². The van der Waals surface area contributed by atoms with E-state index in [9.17, 15) is 0 Å². The quantitative estimate of drug-likeness (QED) is 0.424. The lowest BCUT2D eigenvalue weighted by atomic mass is 9.86. The second kappa shape index (κ2) is 8.10. The molecule has 0 spiro atoms. The average Bonchev–Trinajstić information content (AvgIpc) is 2.21. The second-order valence-electron chi connectivity index (χ2n) is 4.05. The Kier molecular flexibility index (Phi) is 7.97. The van der Waals surface area contributed by atoms with Crippen LogP contribution in [0.2, 0.25) is 6.82 Å². The first kappa shape index (κ1) is 13.8. The molecular formula is C12H24BO. The highest BCUT2D eigenvalue weighted by Crippen LogP contribution is 2.23. The Bertz CT molecular complexity index is 147. The first-order valence-electron chi connectivity index (χ1n) is 5.73. The normalized spacial score (nSPS) is 17.1. The van der Waals surface area contributed by atoms with Crippen LogP contribution in [0.15, 0.2) is 12.7 Å². The van der Waals surface area contributed by atoms with Crippen LogP contribution in [0.4, 0.5) is 0 Å². The molecule has 0 rings (SSSR count). The van der Waals surface area contributed by atoms with Gasteiger partial charge in [0, 0.05) is 0 Å². The van der Waals surface area contributed by atoms with E-state index in [2.05, 4.69) is 27.4 Å². The molecule has 0 fully saturated rings. The Morgan fingerprint density at radius 2 is 2.07 bits per heavy atom. The highest BCUT2D eigenvalue weighted by atomic mass is 16.4. The second-order valence-corrected chi connectivity index (χ2v) is 4.05. The molecule has 1 radical (unpaired) electrons. The van der Waals surface area contributed by atoms with Gasteiger partial charge in [-0.15, -0.1) is 6.58 Å². The molecule has 0 bridgehead atoms. The van der Waals surface area contributed by atoms with Gasteiger partial charge in [0.15, 0.2) is 0 Å². The van der Waals surface area contributed by atoms with E-state index in [4.69, 9.17) is 4.65 Å². The molecule has 2 heteroatoms. The van der Waals surface area contributed by atoms with Crippen LogP contribution in [-0.4, -0.2) is 13.6 Å². The lowest BCUT2D eigenvalue weighted by Gasteiger charge is -2.26. The largest absolute Gasteiger partial charge is 0.435 e. The van der Waals surface area contributed by atoms with Crippen molar-refractivity contribution in [1.82, 2.24) is 0 Å². The minimum Gasteiger partial charge on any atom is -0.435 e. The fraction of sp³-hybridized carbons (Fsp3) is 0.833. The zero-order chi connectivity index (χ0) is 11.0. The summed E-state index contributed by atoms with van der Waals surface area (Å²) in [5, 5.41) is 0. The van der Waals surface area contributed by atoms with Crippen LogP contribution in [0.5, 0.6) is 0 Å². The maximum atomic E-state index is 5.51. The van der Waals surface area contributed by atoms with Crippen molar-refractivity contribution in [2.75, 3.05) is 0 Å². The Labute approximate surface area is 90.2 Å². The maximum Gasteiger partial charge on any atom is 0.289 e. The Morgan fingerprint density at radius 1 is 1.43 bits per heavy atom. The van der Waals surface area contributed by atoms with Crippen molar-refractivity contribution < 1.29 is 4.65 Å². The monoisotopic (exact) mass is 195 g/mol. The van der Waals surface area contributed by atoms with E-state index in [1.54, 1.807) is 7.48 Å². The van der Waals surface area contributed by atoms with Crippen molar-refractivity contribution in [2.24, 2.45) is 11.8 Å². The number of hydrogen-bond acceptors (Lipinski definition) is 1. The third-order valence-corrected chi connectivity index (χ3v) is 2.95. The molecule has 14 heavy (non-hydrogen) atoms. The highest BCUT2D eigenvalue weighted by molar-refractivity contribution is 6.24. The Balaban J connectivity index is 3.97. The van der Waals surface area contributed by atoms with Crippen molar-refractivity contribution in [2.45, 2.75) is 53.0 Å². The highest BCUT2D eigenvalue weighted by Gasteiger charge is 2.19. The predicted octanol–water partition coefficient (Wildman–Crippen LogP) is 3.69. The van der Waals surface area contributed by atoms with Gasteiger partial charge in [0.05, 0.1) is 6.10 Å². The van der Waals surface area contributed by atoms with Gasteiger partial charge in [-0.1, -0.05) is 52.9 Å². The molecule has 3 unspecified atom stereocenters. The summed E-state index contributed by atoms with van der Waals surface area (Å²) in [5.74, 6) is 1.26. The molecule has 0 aromatic carbocycles. The molecular weight excluding hydrogens is 171 g/mol. The van der Waals surface area contributed by atoms with Crippen molar-refractivity contribution in [1.29, 1.82) is 0 Å². The predicted molar refractivity (Wildman–Crippen MR) is 64.5 cm³/mol. The van der Waals surface area contributed by atoms with Crippen LogP contribution in [-0.2, 0) is 4.65 Å². The molecule has 3 atom stereocenters. The van der Waals surface area contributed by atoms with Crippen LogP contribution in [0.1, 0.15) is 40.0 Å². The molecule has 0 aromatic rings. The lowest BCUT2D eigenvalue weighted by molar-refractivity contribution is 0.153. The molecule has 0 N–H and O–H groups in total. The van der Waals surface area contributed by atoms with Crippen molar-refractivity contribution in [3.8, 4) is 0 Å². The minimum atomic E-state index is 0.173. The maximum absolute atomic E-state index is 5.51. The van der Waals surface area contributed by atoms with E-state index in [-0.39, 0.29) is 6.10 Å². The van der Waals surface area contributed by atoms with Gasteiger partial charge in [-0.05, 0) is 11.8 Å². The van der Waals surface area contributed by atoms with Crippen molar-refractivity contribution in [3.63, 3.8) is 0 Å². The van der Waals surface area contributed by atoms with Gasteiger partial charge in [0.25, 0.3) is 7.48 Å². The SMILES string of the molecule is C=CC(O[B]C)C(C)C(C)CCCC. The van der Waals surface area contributed by atoms with E-state index < -0.39 is 0 Å². The van der Waals surface area contributed by atoms with Gasteiger partial charge >= 0.3 is 0 Å². The zero-order valence-electron chi connectivity index (χ0n) is 10.1. The van der Waals surface area contributed by atoms with Gasteiger partial charge in [0.1, 0.15) is 0 Å². The molecule has 81 valence electrons. The van der Waals surface area contributed by atoms with E-state index in [1.807, 2.05) is 12.9 Å². The molecule has 1 nitrogen and oxygen atoms in total. The van der Waals surface area contributed by atoms with E-state index in [1.165, 1.54) is 19.3 Å². The average molecular weight is 195 g/mol. The molecule has 0 aromatic heterocycles. The summed E-state index contributed by atoms with van der Waals surface area (Å²) < 4.78 is 5.51. The fourth-order valence-electron chi connectivity index (χ4n) is 1.66. The van der Waals surface area contributed by atoms with Gasteiger partial charge < -0.3 is 4.65 Å².